The number of hydrogen-bond donors (Lipinski definition) is 0. The molecule has 0 atom stereocenters. The molecule has 1 amide bonds. The number of rotatable bonds is 5. The average molecular weight is 282 g/mol. The van der Waals surface area contributed by atoms with Crippen LogP contribution in [0.15, 0.2) is 41.4 Å². The van der Waals surface area contributed by atoms with Crippen LogP contribution in [0.25, 0.3) is 0 Å². The Balaban J connectivity index is 2.59. The van der Waals surface area contributed by atoms with E-state index < -0.39 is 0 Å². The highest BCUT2D eigenvalue weighted by molar-refractivity contribution is 9.10. The van der Waals surface area contributed by atoms with E-state index in [1.807, 2.05) is 37.4 Å². The maximum Gasteiger partial charge on any atom is 0.253 e. The summed E-state index contributed by atoms with van der Waals surface area (Å²) in [6.45, 7) is 4.42. The lowest BCUT2D eigenvalue weighted by atomic mass is 10.2. The summed E-state index contributed by atoms with van der Waals surface area (Å²) in [5.74, 6) is 0.0605. The highest BCUT2D eigenvalue weighted by atomic mass is 79.9. The molecule has 16 heavy (non-hydrogen) atoms. The Bertz CT molecular complexity index is 376. The third-order valence-electron chi connectivity index (χ3n) is 2.32. The number of benzene rings is 1. The highest BCUT2D eigenvalue weighted by Crippen LogP contribution is 2.13. The Morgan fingerprint density at radius 3 is 2.94 bits per heavy atom. The van der Waals surface area contributed by atoms with Gasteiger partial charge in [0, 0.05) is 23.6 Å². The van der Waals surface area contributed by atoms with Gasteiger partial charge in [0.15, 0.2) is 0 Å². The monoisotopic (exact) mass is 281 g/mol. The van der Waals surface area contributed by atoms with Gasteiger partial charge in [-0.3, -0.25) is 4.79 Å². The van der Waals surface area contributed by atoms with Crippen molar-refractivity contribution in [3.63, 3.8) is 0 Å². The summed E-state index contributed by atoms with van der Waals surface area (Å²) in [6, 6.07) is 7.45. The van der Waals surface area contributed by atoms with Crippen LogP contribution in [0.3, 0.4) is 0 Å². The lowest BCUT2D eigenvalue weighted by Gasteiger charge is -2.16. The first kappa shape index (κ1) is 13.0. The maximum atomic E-state index is 12.0. The molecule has 0 unspecified atom stereocenters. The highest BCUT2D eigenvalue weighted by Gasteiger charge is 2.10. The molecule has 1 aromatic carbocycles. The lowest BCUT2D eigenvalue weighted by molar-refractivity contribution is 0.0794. The Kier molecular flexibility index (Phi) is 5.26. The van der Waals surface area contributed by atoms with E-state index in [1.54, 1.807) is 4.90 Å². The zero-order valence-electron chi connectivity index (χ0n) is 9.45. The Labute approximate surface area is 105 Å². The number of amides is 1. The van der Waals surface area contributed by atoms with Crippen LogP contribution in [0.4, 0.5) is 0 Å². The van der Waals surface area contributed by atoms with Gasteiger partial charge in [0.25, 0.3) is 5.91 Å². The van der Waals surface area contributed by atoms with Crippen molar-refractivity contribution in [1.82, 2.24) is 4.90 Å². The largest absolute Gasteiger partial charge is 0.342 e. The van der Waals surface area contributed by atoms with Gasteiger partial charge in [0.05, 0.1) is 0 Å². The van der Waals surface area contributed by atoms with Gasteiger partial charge in [-0.25, -0.2) is 0 Å². The average Bonchev–Trinajstić information content (AvgIpc) is 2.28. The molecule has 0 aliphatic carbocycles. The van der Waals surface area contributed by atoms with E-state index in [1.165, 1.54) is 0 Å². The minimum atomic E-state index is 0.0605. The molecular weight excluding hydrogens is 266 g/mol. The van der Waals surface area contributed by atoms with Crippen LogP contribution in [-0.4, -0.2) is 24.4 Å². The van der Waals surface area contributed by atoms with Crippen molar-refractivity contribution in [2.45, 2.75) is 12.8 Å². The Hall–Kier alpha value is -1.09. The third kappa shape index (κ3) is 3.81. The van der Waals surface area contributed by atoms with Gasteiger partial charge in [0.1, 0.15) is 0 Å². The molecule has 0 aromatic heterocycles. The molecule has 0 N–H and O–H groups in total. The summed E-state index contributed by atoms with van der Waals surface area (Å²) < 4.78 is 0.929. The van der Waals surface area contributed by atoms with Crippen LogP contribution in [0.2, 0.25) is 0 Å². The summed E-state index contributed by atoms with van der Waals surface area (Å²) >= 11 is 3.36. The van der Waals surface area contributed by atoms with Crippen molar-refractivity contribution >= 4 is 21.8 Å². The van der Waals surface area contributed by atoms with Crippen LogP contribution in [0.5, 0.6) is 0 Å². The number of carbonyl (C=O) groups is 1. The lowest BCUT2D eigenvalue weighted by Crippen LogP contribution is -2.27. The Morgan fingerprint density at radius 2 is 2.31 bits per heavy atom. The number of hydrogen-bond acceptors (Lipinski definition) is 1. The zero-order chi connectivity index (χ0) is 12.0. The Morgan fingerprint density at radius 1 is 1.56 bits per heavy atom. The SMILES string of the molecule is C=CCCCN(C)C(=O)c1cccc(Br)c1. The van der Waals surface area contributed by atoms with Crippen molar-refractivity contribution < 1.29 is 4.79 Å². The topological polar surface area (TPSA) is 20.3 Å². The number of halogens is 1. The first-order chi connectivity index (χ1) is 7.65. The van der Waals surface area contributed by atoms with Gasteiger partial charge in [-0.15, -0.1) is 6.58 Å². The molecule has 86 valence electrons. The van der Waals surface area contributed by atoms with Crippen molar-refractivity contribution in [2.24, 2.45) is 0 Å². The van der Waals surface area contributed by atoms with E-state index in [0.29, 0.717) is 0 Å². The molecule has 0 aliphatic heterocycles. The predicted octanol–water partition coefficient (Wildman–Crippen LogP) is 3.49. The third-order valence-corrected chi connectivity index (χ3v) is 2.81. The van der Waals surface area contributed by atoms with Gasteiger partial charge < -0.3 is 4.90 Å². The van der Waals surface area contributed by atoms with Crippen molar-refractivity contribution in [2.75, 3.05) is 13.6 Å². The minimum Gasteiger partial charge on any atom is -0.342 e. The van der Waals surface area contributed by atoms with Crippen LogP contribution in [0.1, 0.15) is 23.2 Å². The van der Waals surface area contributed by atoms with E-state index in [0.717, 1.165) is 29.4 Å². The molecule has 0 spiro atoms. The molecule has 0 aliphatic rings. The first-order valence-electron chi connectivity index (χ1n) is 5.27. The van der Waals surface area contributed by atoms with Crippen molar-refractivity contribution in [3.05, 3.63) is 47.0 Å². The second kappa shape index (κ2) is 6.48. The molecule has 0 radical (unpaired) electrons. The second-order valence-corrected chi connectivity index (χ2v) is 4.58. The normalized spacial score (nSPS) is 9.88. The van der Waals surface area contributed by atoms with E-state index in [-0.39, 0.29) is 5.91 Å². The van der Waals surface area contributed by atoms with Crippen LogP contribution in [-0.2, 0) is 0 Å². The summed E-state index contributed by atoms with van der Waals surface area (Å²) in [4.78, 5) is 13.7. The fraction of sp³-hybridized carbons (Fsp3) is 0.308. The fourth-order valence-electron chi connectivity index (χ4n) is 1.42. The van der Waals surface area contributed by atoms with E-state index in [2.05, 4.69) is 22.5 Å². The van der Waals surface area contributed by atoms with Gasteiger partial charge in [-0.2, -0.15) is 0 Å². The van der Waals surface area contributed by atoms with E-state index >= 15 is 0 Å². The summed E-state index contributed by atoms with van der Waals surface area (Å²) in [5.41, 5.74) is 0.718. The smallest absolute Gasteiger partial charge is 0.253 e. The molecule has 0 saturated carbocycles. The molecule has 2 nitrogen and oxygen atoms in total. The minimum absolute atomic E-state index is 0.0605. The summed E-state index contributed by atoms with van der Waals surface area (Å²) in [7, 11) is 1.83. The van der Waals surface area contributed by atoms with Crippen LogP contribution < -0.4 is 0 Å². The molecule has 0 saturated heterocycles. The van der Waals surface area contributed by atoms with Crippen molar-refractivity contribution in [3.8, 4) is 0 Å². The number of nitrogens with zero attached hydrogens (tertiary/aromatic N) is 1. The summed E-state index contributed by atoms with van der Waals surface area (Å²) in [5, 5.41) is 0. The fourth-order valence-corrected chi connectivity index (χ4v) is 1.82. The molecule has 0 heterocycles. The van der Waals surface area contributed by atoms with Gasteiger partial charge in [-0.1, -0.05) is 28.1 Å². The van der Waals surface area contributed by atoms with E-state index in [4.69, 9.17) is 0 Å². The number of carbonyl (C=O) groups excluding carboxylic acids is 1. The predicted molar refractivity (Wildman–Crippen MR) is 70.5 cm³/mol. The molecule has 0 bridgehead atoms. The maximum absolute atomic E-state index is 12.0. The number of allylic oxidation sites excluding steroid dienone is 1. The molecule has 0 fully saturated rings. The number of unbranched alkanes of at least 4 members (excludes halogenated alkanes) is 1. The zero-order valence-corrected chi connectivity index (χ0v) is 11.0. The first-order valence-corrected chi connectivity index (χ1v) is 6.06. The van der Waals surface area contributed by atoms with Crippen LogP contribution in [0, 0.1) is 0 Å². The molecule has 1 aromatic rings. The van der Waals surface area contributed by atoms with Gasteiger partial charge in [-0.05, 0) is 31.0 Å². The van der Waals surface area contributed by atoms with Gasteiger partial charge >= 0.3 is 0 Å². The standard InChI is InChI=1S/C13H16BrNO/c1-3-4-5-9-15(2)13(16)11-7-6-8-12(14)10-11/h3,6-8,10H,1,4-5,9H2,2H3. The molecular formula is C13H16BrNO. The van der Waals surface area contributed by atoms with Gasteiger partial charge in [0.2, 0.25) is 0 Å². The van der Waals surface area contributed by atoms with E-state index in [9.17, 15) is 4.79 Å². The van der Waals surface area contributed by atoms with Crippen LogP contribution >= 0.6 is 15.9 Å². The molecule has 3 heteroatoms. The summed E-state index contributed by atoms with van der Waals surface area (Å²) in [6.07, 6.45) is 3.77. The quantitative estimate of drug-likeness (QED) is 0.598. The van der Waals surface area contributed by atoms with Crippen molar-refractivity contribution in [1.29, 1.82) is 0 Å². The second-order valence-electron chi connectivity index (χ2n) is 3.67. The molecule has 1 rings (SSSR count).